The van der Waals surface area contributed by atoms with Gasteiger partial charge in [0.15, 0.2) is 0 Å². The Balaban J connectivity index is 1.25. The average Bonchev–Trinajstić information content (AvgIpc) is 3.21. The van der Waals surface area contributed by atoms with E-state index in [-0.39, 0.29) is 47.5 Å². The summed E-state index contributed by atoms with van der Waals surface area (Å²) in [5, 5.41) is 21.2. The van der Waals surface area contributed by atoms with E-state index in [4.69, 9.17) is 4.74 Å². The maximum atomic E-state index is 14.0. The van der Waals surface area contributed by atoms with Crippen LogP contribution in [-0.4, -0.2) is 69.9 Å². The molecule has 4 aliphatic rings. The summed E-state index contributed by atoms with van der Waals surface area (Å²) in [5.74, 6) is -3.10. The first-order chi connectivity index (χ1) is 18.1. The van der Waals surface area contributed by atoms with Crippen LogP contribution in [0.25, 0.3) is 0 Å². The molecule has 11 heteroatoms. The van der Waals surface area contributed by atoms with Gasteiger partial charge in [0.2, 0.25) is 11.9 Å². The summed E-state index contributed by atoms with van der Waals surface area (Å²) in [6.45, 7) is 6.50. The van der Waals surface area contributed by atoms with Crippen LogP contribution in [0.4, 0.5) is 13.2 Å². The number of alkyl halides is 3. The highest BCUT2D eigenvalue weighted by molar-refractivity contribution is 5.92. The van der Waals surface area contributed by atoms with Crippen molar-refractivity contribution in [3.8, 4) is 5.75 Å². The zero-order valence-electron chi connectivity index (χ0n) is 22.3. The van der Waals surface area contributed by atoms with Crippen molar-refractivity contribution in [2.75, 3.05) is 6.54 Å². The molecule has 7 atom stereocenters. The van der Waals surface area contributed by atoms with Crippen LogP contribution in [0.5, 0.6) is 5.75 Å². The van der Waals surface area contributed by atoms with E-state index in [1.54, 1.807) is 5.32 Å². The van der Waals surface area contributed by atoms with Crippen LogP contribution in [0.15, 0.2) is 24.3 Å². The summed E-state index contributed by atoms with van der Waals surface area (Å²) in [7, 11) is 0. The molecule has 3 aliphatic carbocycles. The molecule has 3 saturated carbocycles. The van der Waals surface area contributed by atoms with Gasteiger partial charge in [-0.1, -0.05) is 32.9 Å². The molecule has 1 heterocycles. The minimum Gasteiger partial charge on any atom is -0.508 e. The van der Waals surface area contributed by atoms with Crippen LogP contribution in [0.1, 0.15) is 58.4 Å². The number of phenols is 1. The Morgan fingerprint density at radius 3 is 2.41 bits per heavy atom. The van der Waals surface area contributed by atoms with Crippen molar-refractivity contribution in [2.24, 2.45) is 22.2 Å². The lowest BCUT2D eigenvalue weighted by Gasteiger charge is -2.46. The Bertz CT molecular complexity index is 1170. The number of halogens is 3. The summed E-state index contributed by atoms with van der Waals surface area (Å²) >= 11 is 0. The zero-order chi connectivity index (χ0) is 28.5. The van der Waals surface area contributed by atoms with Gasteiger partial charge in [0.25, 0.3) is 5.91 Å². The molecular formula is C28H35F3N2O6. The average molecular weight is 553 g/mol. The summed E-state index contributed by atoms with van der Waals surface area (Å²) < 4.78 is 47.8. The van der Waals surface area contributed by atoms with Gasteiger partial charge in [0.05, 0.1) is 0 Å². The topological polar surface area (TPSA) is 116 Å². The van der Waals surface area contributed by atoms with Gasteiger partial charge in [-0.05, 0) is 66.5 Å². The number of ether oxygens (including phenoxy) is 1. The van der Waals surface area contributed by atoms with Gasteiger partial charge in [-0.15, -0.1) is 0 Å². The van der Waals surface area contributed by atoms with Crippen LogP contribution in [0.3, 0.4) is 0 Å². The van der Waals surface area contributed by atoms with Gasteiger partial charge in [0, 0.05) is 18.4 Å². The number of aromatic hydroxyl groups is 1. The van der Waals surface area contributed by atoms with Crippen molar-refractivity contribution in [1.29, 1.82) is 0 Å². The van der Waals surface area contributed by atoms with E-state index >= 15 is 0 Å². The highest BCUT2D eigenvalue weighted by atomic mass is 19.4. The monoisotopic (exact) mass is 552 g/mol. The number of rotatable bonds is 7. The molecule has 5 rings (SSSR count). The smallest absolute Gasteiger partial charge is 0.417 e. The molecule has 214 valence electrons. The number of benzene rings is 1. The number of hydrogen-bond donors (Lipinski definition) is 3. The van der Waals surface area contributed by atoms with Crippen LogP contribution in [-0.2, 0) is 25.5 Å². The van der Waals surface area contributed by atoms with Crippen LogP contribution < -0.4 is 5.32 Å². The molecule has 4 fully saturated rings. The number of nitrogens with one attached hydrogen (secondary N) is 1. The number of hydrogen-bond acceptors (Lipinski definition) is 6. The molecule has 1 aromatic rings. The normalized spacial score (nSPS) is 33.8. The number of phenolic OH excluding ortho intramolecular Hbond substituents is 1. The molecule has 3 N–H and O–H groups in total. The van der Waals surface area contributed by atoms with E-state index in [0.29, 0.717) is 17.9 Å². The van der Waals surface area contributed by atoms with Crippen molar-refractivity contribution in [3.63, 3.8) is 0 Å². The molecule has 1 spiro atoms. The van der Waals surface area contributed by atoms with Crippen molar-refractivity contribution in [3.05, 3.63) is 29.8 Å². The number of nitrogens with zero attached hydrogens (tertiary/aromatic N) is 1. The summed E-state index contributed by atoms with van der Waals surface area (Å²) in [5.41, 5.74) is 0.358. The van der Waals surface area contributed by atoms with Gasteiger partial charge < -0.3 is 25.2 Å². The predicted molar refractivity (Wildman–Crippen MR) is 132 cm³/mol. The highest BCUT2D eigenvalue weighted by Gasteiger charge is 2.91. The lowest BCUT2D eigenvalue weighted by atomic mass is 9.64. The van der Waals surface area contributed by atoms with Crippen molar-refractivity contribution in [1.82, 2.24) is 10.2 Å². The fraction of sp³-hybridized carbons (Fsp3) is 0.679. The third-order valence-electron chi connectivity index (χ3n) is 10.5. The molecule has 8 nitrogen and oxygen atoms in total. The van der Waals surface area contributed by atoms with Crippen LogP contribution in [0, 0.1) is 22.2 Å². The Hall–Kier alpha value is -2.82. The van der Waals surface area contributed by atoms with E-state index in [1.807, 2.05) is 0 Å². The van der Waals surface area contributed by atoms with Crippen molar-refractivity contribution >= 4 is 17.8 Å². The second kappa shape index (κ2) is 9.11. The SMILES string of the molecule is CC1(C)C2(C)CCC3CC(OC(=O)C4CCCN4C(=O)C(NC(=O)C(O)Cc4ccc(O)cc4)C(F)(F)F)C312. The molecule has 2 amide bonds. The quantitative estimate of drug-likeness (QED) is 0.448. The van der Waals surface area contributed by atoms with E-state index in [1.165, 1.54) is 24.3 Å². The number of esters is 1. The van der Waals surface area contributed by atoms with Crippen molar-refractivity contribution in [2.45, 2.75) is 89.8 Å². The molecular weight excluding hydrogens is 517 g/mol. The van der Waals surface area contributed by atoms with Crippen LogP contribution in [0.2, 0.25) is 0 Å². The van der Waals surface area contributed by atoms with Gasteiger partial charge in [-0.2, -0.15) is 13.2 Å². The van der Waals surface area contributed by atoms with E-state index in [9.17, 15) is 37.8 Å². The third-order valence-corrected chi connectivity index (χ3v) is 10.5. The second-order valence-corrected chi connectivity index (χ2v) is 12.3. The number of carbonyl (C=O) groups is 3. The lowest BCUT2D eigenvalue weighted by Crippen LogP contribution is -2.59. The molecule has 7 unspecified atom stereocenters. The minimum absolute atomic E-state index is 0.00390. The Morgan fingerprint density at radius 2 is 1.82 bits per heavy atom. The van der Waals surface area contributed by atoms with Crippen molar-refractivity contribution < 1.29 is 42.5 Å². The first kappa shape index (κ1) is 27.7. The Labute approximate surface area is 224 Å². The largest absolute Gasteiger partial charge is 0.508 e. The second-order valence-electron chi connectivity index (χ2n) is 12.3. The van der Waals surface area contributed by atoms with Gasteiger partial charge in [-0.25, -0.2) is 4.79 Å². The van der Waals surface area contributed by atoms with E-state index < -0.39 is 42.1 Å². The summed E-state index contributed by atoms with van der Waals surface area (Å²) in [6.07, 6.45) is -4.28. The number of likely N-dealkylation sites (tertiary alicyclic amines) is 1. The number of aliphatic hydroxyl groups is 1. The minimum atomic E-state index is -5.15. The molecule has 0 bridgehead atoms. The molecule has 0 aromatic heterocycles. The zero-order valence-corrected chi connectivity index (χ0v) is 22.3. The molecule has 1 saturated heterocycles. The van der Waals surface area contributed by atoms with Gasteiger partial charge in [-0.3, -0.25) is 9.59 Å². The van der Waals surface area contributed by atoms with Crippen LogP contribution >= 0.6 is 0 Å². The standard InChI is InChI=1S/C28H35F3N2O6/c1-25(2)26(3)11-10-16-14-20(27(16,25)26)39-24(38)18-5-4-12-33(18)23(37)21(28(29,30)31)32-22(36)19(35)13-15-6-8-17(34)9-7-15/h6-9,16,18-21,34-35H,4-5,10-14H2,1-3H3,(H,32,36). The van der Waals surface area contributed by atoms with Gasteiger partial charge >= 0.3 is 12.1 Å². The summed E-state index contributed by atoms with van der Waals surface area (Å²) in [6, 6.07) is 1.38. The molecule has 0 radical (unpaired) electrons. The fourth-order valence-corrected chi connectivity index (χ4v) is 8.32. The summed E-state index contributed by atoms with van der Waals surface area (Å²) in [4.78, 5) is 39.6. The first-order valence-corrected chi connectivity index (χ1v) is 13.5. The first-order valence-electron chi connectivity index (χ1n) is 13.5. The lowest BCUT2D eigenvalue weighted by molar-refractivity contribution is -0.186. The molecule has 1 aliphatic heterocycles. The molecule has 1 aromatic carbocycles. The third kappa shape index (κ3) is 4.02. The number of aliphatic hydroxyl groups excluding tert-OH is 1. The maximum absolute atomic E-state index is 14.0. The maximum Gasteiger partial charge on any atom is 0.417 e. The highest BCUT2D eigenvalue weighted by Crippen LogP contribution is 2.93. The predicted octanol–water partition coefficient (Wildman–Crippen LogP) is 3.09. The van der Waals surface area contributed by atoms with Gasteiger partial charge in [0.1, 0.15) is 24.0 Å². The van der Waals surface area contributed by atoms with E-state index in [0.717, 1.165) is 24.2 Å². The fourth-order valence-electron chi connectivity index (χ4n) is 8.32. The number of carbonyl (C=O) groups excluding carboxylic acids is 3. The Morgan fingerprint density at radius 1 is 1.15 bits per heavy atom. The van der Waals surface area contributed by atoms with E-state index in [2.05, 4.69) is 20.8 Å². The Kier molecular flexibility index (Phi) is 6.48. The number of amides is 2. The molecule has 39 heavy (non-hydrogen) atoms.